The molecule has 1 aromatic heterocycles. The molecule has 2 atom stereocenters. The standard InChI is InChI=1S/C18H20N4O3/c23-22(24)18-7-6-15(10-19-18)21-12-16-17(13-21)25-9-8-20(16)11-14-4-2-1-3-5-14/h1-7,10,16-17H,8-9,11-13H2/t16-,17+/m1/s1. The van der Waals surface area contributed by atoms with Gasteiger partial charge < -0.3 is 19.8 Å². The Bertz CT molecular complexity index is 738. The monoisotopic (exact) mass is 340 g/mol. The van der Waals surface area contributed by atoms with Gasteiger partial charge in [0.1, 0.15) is 0 Å². The average Bonchev–Trinajstić information content (AvgIpc) is 3.08. The number of morpholine rings is 1. The number of nitro groups is 1. The van der Waals surface area contributed by atoms with Crippen LogP contribution in [0.2, 0.25) is 0 Å². The predicted molar refractivity (Wildman–Crippen MR) is 93.5 cm³/mol. The molecule has 7 nitrogen and oxygen atoms in total. The SMILES string of the molecule is O=[N+]([O-])c1ccc(N2C[C@@H]3OCCN(Cc4ccccc4)[C@@H]3C2)cn1. The number of hydrogen-bond acceptors (Lipinski definition) is 6. The van der Waals surface area contributed by atoms with Crippen LogP contribution in [0.25, 0.3) is 0 Å². The first kappa shape index (κ1) is 16.0. The van der Waals surface area contributed by atoms with E-state index in [1.165, 1.54) is 11.6 Å². The van der Waals surface area contributed by atoms with Crippen LogP contribution in [0.15, 0.2) is 48.7 Å². The maximum absolute atomic E-state index is 10.8. The van der Waals surface area contributed by atoms with Gasteiger partial charge >= 0.3 is 5.82 Å². The van der Waals surface area contributed by atoms with Gasteiger partial charge in [-0.2, -0.15) is 0 Å². The first-order valence-electron chi connectivity index (χ1n) is 8.46. The molecule has 7 heteroatoms. The number of anilines is 1. The Hall–Kier alpha value is -2.51. The molecular formula is C18H20N4O3. The molecule has 2 saturated heterocycles. The first-order chi connectivity index (χ1) is 12.2. The van der Waals surface area contributed by atoms with Crippen molar-refractivity contribution in [1.29, 1.82) is 0 Å². The number of nitrogens with zero attached hydrogens (tertiary/aromatic N) is 4. The molecule has 0 N–H and O–H groups in total. The molecule has 2 aliphatic heterocycles. The zero-order chi connectivity index (χ0) is 17.2. The Morgan fingerprint density at radius 1 is 1.20 bits per heavy atom. The minimum atomic E-state index is -0.474. The van der Waals surface area contributed by atoms with E-state index in [-0.39, 0.29) is 11.9 Å². The van der Waals surface area contributed by atoms with Crippen molar-refractivity contribution in [3.63, 3.8) is 0 Å². The zero-order valence-electron chi connectivity index (χ0n) is 13.8. The van der Waals surface area contributed by atoms with Gasteiger partial charge in [0.05, 0.1) is 24.4 Å². The van der Waals surface area contributed by atoms with Gasteiger partial charge in [-0.1, -0.05) is 30.3 Å². The number of rotatable bonds is 4. The fraction of sp³-hybridized carbons (Fsp3) is 0.389. The summed E-state index contributed by atoms with van der Waals surface area (Å²) in [5, 5.41) is 10.8. The van der Waals surface area contributed by atoms with Gasteiger partial charge in [0.2, 0.25) is 0 Å². The normalized spacial score (nSPS) is 23.4. The lowest BCUT2D eigenvalue weighted by molar-refractivity contribution is -0.389. The molecule has 0 unspecified atom stereocenters. The molecule has 4 rings (SSSR count). The Morgan fingerprint density at radius 3 is 2.76 bits per heavy atom. The summed E-state index contributed by atoms with van der Waals surface area (Å²) in [6.07, 6.45) is 1.74. The Balaban J connectivity index is 1.47. The van der Waals surface area contributed by atoms with Gasteiger partial charge in [-0.3, -0.25) is 4.90 Å². The molecule has 2 aliphatic rings. The van der Waals surface area contributed by atoms with E-state index in [0.29, 0.717) is 6.04 Å². The second-order valence-corrected chi connectivity index (χ2v) is 6.47. The lowest BCUT2D eigenvalue weighted by Gasteiger charge is -2.36. The minimum absolute atomic E-state index is 0.123. The highest BCUT2D eigenvalue weighted by Gasteiger charge is 2.40. The summed E-state index contributed by atoms with van der Waals surface area (Å²) in [5.41, 5.74) is 2.21. The van der Waals surface area contributed by atoms with Gasteiger partial charge in [-0.25, -0.2) is 0 Å². The Labute approximate surface area is 146 Å². The molecule has 0 radical (unpaired) electrons. The molecule has 0 bridgehead atoms. The third-order valence-electron chi connectivity index (χ3n) is 4.93. The number of benzene rings is 1. The molecule has 130 valence electrons. The van der Waals surface area contributed by atoms with Crippen LogP contribution in [0.3, 0.4) is 0 Å². The second kappa shape index (κ2) is 6.78. The first-order valence-corrected chi connectivity index (χ1v) is 8.46. The molecule has 2 fully saturated rings. The van der Waals surface area contributed by atoms with Gasteiger partial charge in [0, 0.05) is 32.2 Å². The summed E-state index contributed by atoms with van der Waals surface area (Å²) in [4.78, 5) is 18.9. The summed E-state index contributed by atoms with van der Waals surface area (Å²) in [7, 11) is 0. The lowest BCUT2D eigenvalue weighted by Crippen LogP contribution is -2.50. The van der Waals surface area contributed by atoms with Crippen LogP contribution in [0.5, 0.6) is 0 Å². The van der Waals surface area contributed by atoms with Crippen molar-refractivity contribution in [2.75, 3.05) is 31.1 Å². The fourth-order valence-electron chi connectivity index (χ4n) is 3.66. The molecule has 3 heterocycles. The minimum Gasteiger partial charge on any atom is -0.373 e. The number of hydrogen-bond donors (Lipinski definition) is 0. The van der Waals surface area contributed by atoms with Crippen LogP contribution < -0.4 is 4.90 Å². The summed E-state index contributed by atoms with van der Waals surface area (Å²) < 4.78 is 5.97. The Morgan fingerprint density at radius 2 is 2.04 bits per heavy atom. The van der Waals surface area contributed by atoms with E-state index < -0.39 is 4.92 Å². The van der Waals surface area contributed by atoms with E-state index >= 15 is 0 Å². The average molecular weight is 340 g/mol. The molecule has 0 amide bonds. The molecule has 1 aromatic carbocycles. The number of pyridine rings is 1. The van der Waals surface area contributed by atoms with E-state index in [1.54, 1.807) is 12.3 Å². The summed E-state index contributed by atoms with van der Waals surface area (Å²) >= 11 is 0. The fourth-order valence-corrected chi connectivity index (χ4v) is 3.66. The lowest BCUT2D eigenvalue weighted by atomic mass is 10.1. The van der Waals surface area contributed by atoms with Gasteiger partial charge in [0.15, 0.2) is 6.20 Å². The van der Waals surface area contributed by atoms with E-state index in [9.17, 15) is 10.1 Å². The zero-order valence-corrected chi connectivity index (χ0v) is 13.8. The highest BCUT2D eigenvalue weighted by atomic mass is 16.6. The van der Waals surface area contributed by atoms with Gasteiger partial charge in [0.25, 0.3) is 0 Å². The quantitative estimate of drug-likeness (QED) is 0.627. The van der Waals surface area contributed by atoms with Crippen molar-refractivity contribution >= 4 is 11.5 Å². The smallest absolute Gasteiger partial charge is 0.363 e. The molecule has 0 aliphatic carbocycles. The van der Waals surface area contributed by atoms with Crippen LogP contribution in [-0.4, -0.2) is 53.2 Å². The third kappa shape index (κ3) is 3.33. The summed E-state index contributed by atoms with van der Waals surface area (Å²) in [6.45, 7) is 4.20. The second-order valence-electron chi connectivity index (χ2n) is 6.47. The van der Waals surface area contributed by atoms with E-state index in [4.69, 9.17) is 4.74 Å². The highest BCUT2D eigenvalue weighted by molar-refractivity contribution is 5.48. The van der Waals surface area contributed by atoms with Crippen LogP contribution in [0.1, 0.15) is 5.56 Å². The summed E-state index contributed by atoms with van der Waals surface area (Å²) in [6, 6.07) is 14.0. The highest BCUT2D eigenvalue weighted by Crippen LogP contribution is 2.28. The van der Waals surface area contributed by atoms with Crippen molar-refractivity contribution in [2.24, 2.45) is 0 Å². The van der Waals surface area contributed by atoms with Crippen molar-refractivity contribution in [3.8, 4) is 0 Å². The van der Waals surface area contributed by atoms with Gasteiger partial charge in [-0.15, -0.1) is 0 Å². The molecule has 0 spiro atoms. The van der Waals surface area contributed by atoms with Crippen LogP contribution in [-0.2, 0) is 11.3 Å². The molecule has 25 heavy (non-hydrogen) atoms. The van der Waals surface area contributed by atoms with E-state index in [0.717, 1.165) is 38.5 Å². The number of fused-ring (bicyclic) bond motifs is 1. The summed E-state index contributed by atoms with van der Waals surface area (Å²) in [5.74, 6) is -0.123. The topological polar surface area (TPSA) is 71.7 Å². The number of ether oxygens (including phenoxy) is 1. The van der Waals surface area contributed by atoms with Crippen LogP contribution in [0, 0.1) is 10.1 Å². The molecular weight excluding hydrogens is 320 g/mol. The Kier molecular flexibility index (Phi) is 4.33. The molecule has 0 saturated carbocycles. The van der Waals surface area contributed by atoms with Crippen molar-refractivity contribution < 1.29 is 9.66 Å². The van der Waals surface area contributed by atoms with Crippen molar-refractivity contribution in [2.45, 2.75) is 18.7 Å². The van der Waals surface area contributed by atoms with E-state index in [1.807, 2.05) is 6.07 Å². The number of aromatic nitrogens is 1. The molecule has 2 aromatic rings. The maximum Gasteiger partial charge on any atom is 0.363 e. The van der Waals surface area contributed by atoms with Crippen LogP contribution in [0.4, 0.5) is 11.5 Å². The van der Waals surface area contributed by atoms with Crippen LogP contribution >= 0.6 is 0 Å². The van der Waals surface area contributed by atoms with Crippen molar-refractivity contribution in [1.82, 2.24) is 9.88 Å². The van der Waals surface area contributed by atoms with Gasteiger partial charge in [-0.05, 0) is 21.5 Å². The third-order valence-corrected chi connectivity index (χ3v) is 4.93. The predicted octanol–water partition coefficient (Wildman–Crippen LogP) is 2.08. The maximum atomic E-state index is 10.8. The van der Waals surface area contributed by atoms with E-state index in [2.05, 4.69) is 39.0 Å². The van der Waals surface area contributed by atoms with Crippen molar-refractivity contribution in [3.05, 3.63) is 64.3 Å². The largest absolute Gasteiger partial charge is 0.373 e.